The van der Waals surface area contributed by atoms with Crippen molar-refractivity contribution in [2.45, 2.75) is 11.4 Å². The highest BCUT2D eigenvalue weighted by Gasteiger charge is 2.27. The van der Waals surface area contributed by atoms with Crippen LogP contribution in [-0.2, 0) is 21.4 Å². The Hall–Kier alpha value is -3.87. The summed E-state index contributed by atoms with van der Waals surface area (Å²) in [6, 6.07) is 15.0. The van der Waals surface area contributed by atoms with Crippen LogP contribution in [0.15, 0.2) is 76.7 Å². The van der Waals surface area contributed by atoms with Crippen molar-refractivity contribution >= 4 is 39.4 Å². The number of carbonyl (C=O) groups is 1. The molecule has 0 radical (unpaired) electrons. The van der Waals surface area contributed by atoms with Gasteiger partial charge in [-0.25, -0.2) is 18.2 Å². The molecule has 0 spiro atoms. The van der Waals surface area contributed by atoms with Crippen LogP contribution in [0.3, 0.4) is 0 Å². The number of nitrogens with zero attached hydrogens (tertiary/aromatic N) is 3. The molecule has 188 valence electrons. The van der Waals surface area contributed by atoms with E-state index in [0.717, 1.165) is 10.5 Å². The van der Waals surface area contributed by atoms with E-state index >= 15 is 0 Å². The quantitative estimate of drug-likeness (QED) is 0.239. The minimum Gasteiger partial charge on any atom is -0.490 e. The summed E-state index contributed by atoms with van der Waals surface area (Å²) in [5, 5.41) is 15.2. The van der Waals surface area contributed by atoms with Crippen LogP contribution in [0, 0.1) is 15.9 Å². The van der Waals surface area contributed by atoms with Crippen LogP contribution in [0.4, 0.5) is 10.1 Å². The number of nitrogens with one attached hydrogen (secondary N) is 1. The molecule has 0 aromatic heterocycles. The molecule has 36 heavy (non-hydrogen) atoms. The Morgan fingerprint density at radius 3 is 2.53 bits per heavy atom. The van der Waals surface area contributed by atoms with Crippen LogP contribution < -0.4 is 10.2 Å². The van der Waals surface area contributed by atoms with E-state index < -0.39 is 39.8 Å². The van der Waals surface area contributed by atoms with Crippen molar-refractivity contribution in [2.24, 2.45) is 5.10 Å². The van der Waals surface area contributed by atoms with Crippen LogP contribution in [0.1, 0.15) is 11.1 Å². The van der Waals surface area contributed by atoms with Crippen LogP contribution in [0.5, 0.6) is 5.75 Å². The number of halogens is 2. The van der Waals surface area contributed by atoms with Crippen molar-refractivity contribution in [3.05, 3.63) is 98.8 Å². The van der Waals surface area contributed by atoms with E-state index in [1.54, 1.807) is 6.07 Å². The molecule has 0 atom stereocenters. The lowest BCUT2D eigenvalue weighted by atomic mass is 10.2. The number of hydrogen-bond acceptors (Lipinski definition) is 7. The van der Waals surface area contributed by atoms with E-state index in [4.69, 9.17) is 16.3 Å². The lowest BCUT2D eigenvalue weighted by Crippen LogP contribution is -2.39. The molecule has 0 bridgehead atoms. The molecule has 0 heterocycles. The van der Waals surface area contributed by atoms with Crippen LogP contribution in [-0.4, -0.2) is 43.4 Å². The predicted molar refractivity (Wildman–Crippen MR) is 131 cm³/mol. The smallest absolute Gasteiger partial charge is 0.311 e. The van der Waals surface area contributed by atoms with Gasteiger partial charge in [0.1, 0.15) is 5.82 Å². The van der Waals surface area contributed by atoms with Gasteiger partial charge < -0.3 is 4.74 Å². The third-order valence-corrected chi connectivity index (χ3v) is 6.94. The number of nitro groups is 1. The van der Waals surface area contributed by atoms with E-state index in [0.29, 0.717) is 10.6 Å². The van der Waals surface area contributed by atoms with E-state index in [9.17, 15) is 27.7 Å². The summed E-state index contributed by atoms with van der Waals surface area (Å²) in [6.45, 7) is -1.10. The van der Waals surface area contributed by atoms with Crippen LogP contribution in [0.25, 0.3) is 0 Å². The van der Waals surface area contributed by atoms with Crippen molar-refractivity contribution in [1.82, 2.24) is 9.73 Å². The highest BCUT2D eigenvalue weighted by atomic mass is 35.5. The molecule has 3 aromatic carbocycles. The van der Waals surface area contributed by atoms with Gasteiger partial charge >= 0.3 is 5.69 Å². The molecule has 0 saturated heterocycles. The number of methoxy groups -OCH3 is 1. The van der Waals surface area contributed by atoms with Crippen molar-refractivity contribution in [3.63, 3.8) is 0 Å². The maximum absolute atomic E-state index is 14.2. The number of hydrogen-bond donors (Lipinski definition) is 1. The number of sulfonamides is 1. The lowest BCUT2D eigenvalue weighted by Gasteiger charge is -2.21. The summed E-state index contributed by atoms with van der Waals surface area (Å²) in [6.07, 6.45) is 1.15. The standard InChI is InChI=1S/C23H20ClFN4O6S/c1-35-22-11-6-16(12-21(22)29(31)32)13-26-27-23(30)15-28(14-17-4-2-3-5-20(17)25)36(33,34)19-9-7-18(24)8-10-19/h2-13H,14-15H2,1H3,(H,27,30)/b26-13-. The van der Waals surface area contributed by atoms with E-state index in [1.807, 2.05) is 0 Å². The number of amides is 1. The second-order valence-corrected chi connectivity index (χ2v) is 9.67. The van der Waals surface area contributed by atoms with Crippen LogP contribution in [0.2, 0.25) is 5.02 Å². The molecule has 13 heteroatoms. The molecule has 0 unspecified atom stereocenters. The van der Waals surface area contributed by atoms with Gasteiger partial charge in [-0.15, -0.1) is 0 Å². The Balaban J connectivity index is 1.80. The summed E-state index contributed by atoms with van der Waals surface area (Å²) in [5.41, 5.74) is 2.24. The van der Waals surface area contributed by atoms with Crippen molar-refractivity contribution < 1.29 is 27.3 Å². The fourth-order valence-corrected chi connectivity index (χ4v) is 4.60. The third kappa shape index (κ3) is 6.62. The first-order valence-electron chi connectivity index (χ1n) is 10.3. The van der Waals surface area contributed by atoms with Gasteiger partial charge in [0.05, 0.1) is 29.7 Å². The molecule has 3 rings (SSSR count). The molecule has 1 amide bonds. The first-order chi connectivity index (χ1) is 17.1. The summed E-state index contributed by atoms with van der Waals surface area (Å²) in [4.78, 5) is 22.9. The Morgan fingerprint density at radius 2 is 1.89 bits per heavy atom. The number of rotatable bonds is 10. The van der Waals surface area contributed by atoms with Gasteiger partial charge in [0, 0.05) is 28.8 Å². The first-order valence-corrected chi connectivity index (χ1v) is 12.1. The van der Waals surface area contributed by atoms with E-state index in [-0.39, 0.29) is 21.9 Å². The van der Waals surface area contributed by atoms with Gasteiger partial charge in [0.2, 0.25) is 10.0 Å². The Labute approximate surface area is 211 Å². The Kier molecular flexibility index (Phi) is 8.69. The average Bonchev–Trinajstić information content (AvgIpc) is 2.85. The molecule has 0 saturated carbocycles. The summed E-state index contributed by atoms with van der Waals surface area (Å²) in [7, 11) is -2.93. The van der Waals surface area contributed by atoms with Gasteiger partial charge in [0.25, 0.3) is 5.91 Å². The minimum atomic E-state index is -4.22. The normalized spacial score (nSPS) is 11.6. The molecule has 0 aliphatic rings. The number of ether oxygens (including phenoxy) is 1. The average molecular weight is 535 g/mol. The van der Waals surface area contributed by atoms with Gasteiger partial charge in [-0.1, -0.05) is 29.8 Å². The molecular formula is C23H20ClFN4O6S. The zero-order chi connectivity index (χ0) is 26.3. The molecule has 10 nitrogen and oxygen atoms in total. The summed E-state index contributed by atoms with van der Waals surface area (Å²) >= 11 is 5.85. The topological polar surface area (TPSA) is 131 Å². The fraction of sp³-hybridized carbons (Fsp3) is 0.130. The number of benzene rings is 3. The number of hydrazone groups is 1. The van der Waals surface area contributed by atoms with Gasteiger partial charge in [-0.2, -0.15) is 9.41 Å². The van der Waals surface area contributed by atoms with Gasteiger partial charge in [0.15, 0.2) is 5.75 Å². The molecule has 0 aliphatic carbocycles. The minimum absolute atomic E-state index is 0.0531. The monoisotopic (exact) mass is 534 g/mol. The van der Waals surface area contributed by atoms with Crippen LogP contribution >= 0.6 is 11.6 Å². The SMILES string of the molecule is COc1ccc(/C=N\NC(=O)CN(Cc2ccccc2F)S(=O)(=O)c2ccc(Cl)cc2)cc1[N+](=O)[O-]. The summed E-state index contributed by atoms with van der Waals surface area (Å²) < 4.78 is 46.4. The van der Waals surface area contributed by atoms with Gasteiger partial charge in [-0.3, -0.25) is 14.9 Å². The first kappa shape index (κ1) is 26.7. The highest BCUT2D eigenvalue weighted by Crippen LogP contribution is 2.27. The van der Waals surface area contributed by atoms with Crippen molar-refractivity contribution in [2.75, 3.05) is 13.7 Å². The molecule has 1 N–H and O–H groups in total. The molecule has 0 fully saturated rings. The fourth-order valence-electron chi connectivity index (χ4n) is 3.10. The van der Waals surface area contributed by atoms with Crippen molar-refractivity contribution in [3.8, 4) is 5.75 Å². The predicted octanol–water partition coefficient (Wildman–Crippen LogP) is 3.74. The molecule has 0 aliphatic heterocycles. The highest BCUT2D eigenvalue weighted by molar-refractivity contribution is 7.89. The largest absolute Gasteiger partial charge is 0.490 e. The van der Waals surface area contributed by atoms with Gasteiger partial charge in [-0.05, 0) is 42.5 Å². The number of carbonyl (C=O) groups excluding carboxylic acids is 1. The van der Waals surface area contributed by atoms with Crippen molar-refractivity contribution in [1.29, 1.82) is 0 Å². The second-order valence-electron chi connectivity index (χ2n) is 7.30. The zero-order valence-corrected chi connectivity index (χ0v) is 20.4. The lowest BCUT2D eigenvalue weighted by molar-refractivity contribution is -0.385. The second kappa shape index (κ2) is 11.7. The maximum Gasteiger partial charge on any atom is 0.311 e. The van der Waals surface area contributed by atoms with E-state index in [1.165, 1.54) is 67.8 Å². The molecule has 3 aromatic rings. The Bertz CT molecular complexity index is 1400. The third-order valence-electron chi connectivity index (χ3n) is 4.88. The molecular weight excluding hydrogens is 515 g/mol. The van der Waals surface area contributed by atoms with E-state index in [2.05, 4.69) is 10.5 Å². The maximum atomic E-state index is 14.2. The Morgan fingerprint density at radius 1 is 1.19 bits per heavy atom. The number of nitro benzene ring substituents is 1. The summed E-state index contributed by atoms with van der Waals surface area (Å²) in [5.74, 6) is -1.39. The zero-order valence-electron chi connectivity index (χ0n) is 18.8.